The average Bonchev–Trinajstić information content (AvgIpc) is 2.28. The van der Waals surface area contributed by atoms with Gasteiger partial charge in [-0.15, -0.1) is 0 Å². The summed E-state index contributed by atoms with van der Waals surface area (Å²) in [6, 6.07) is 2.64. The topological polar surface area (TPSA) is 30.3 Å². The average molecular weight is 253 g/mol. The fourth-order valence-electron chi connectivity index (χ4n) is 2.97. The second-order valence-electron chi connectivity index (χ2n) is 6.27. The summed E-state index contributed by atoms with van der Waals surface area (Å²) < 4.78 is 0. The first-order valence-electron chi connectivity index (χ1n) is 6.40. The number of nitriles is 1. The maximum atomic E-state index is 9.67. The summed E-state index contributed by atoms with van der Waals surface area (Å²) in [7, 11) is 2.16. The van der Waals surface area contributed by atoms with Crippen LogP contribution in [0.1, 0.15) is 20.3 Å². The van der Waals surface area contributed by atoms with Gasteiger partial charge in [0, 0.05) is 31.9 Å². The Morgan fingerprint density at radius 2 is 1.76 bits per heavy atom. The van der Waals surface area contributed by atoms with Crippen molar-refractivity contribution in [2.75, 3.05) is 44.7 Å². The van der Waals surface area contributed by atoms with Gasteiger partial charge in [0.2, 0.25) is 0 Å². The first-order chi connectivity index (χ1) is 7.97. The van der Waals surface area contributed by atoms with E-state index >= 15 is 0 Å². The largest absolute Gasteiger partial charge is 0.304 e. The molecule has 0 spiro atoms. The molecule has 2 saturated heterocycles. The van der Waals surface area contributed by atoms with E-state index < -0.39 is 0 Å². The van der Waals surface area contributed by atoms with Gasteiger partial charge in [-0.1, -0.05) is 13.8 Å². The van der Waals surface area contributed by atoms with Gasteiger partial charge < -0.3 is 4.90 Å². The summed E-state index contributed by atoms with van der Waals surface area (Å²) in [5.74, 6) is 2.17. The monoisotopic (exact) mass is 253 g/mol. The molecule has 2 fully saturated rings. The molecule has 0 N–H and O–H groups in total. The number of thioether (sulfide) groups is 1. The number of hydrogen-bond acceptors (Lipinski definition) is 4. The van der Waals surface area contributed by atoms with Crippen molar-refractivity contribution in [2.45, 2.75) is 25.8 Å². The van der Waals surface area contributed by atoms with Gasteiger partial charge in [0.25, 0.3) is 0 Å². The Labute approximate surface area is 109 Å². The van der Waals surface area contributed by atoms with Crippen LogP contribution in [0.25, 0.3) is 0 Å². The Hall–Kier alpha value is -0.240. The molecular weight excluding hydrogens is 230 g/mol. The number of rotatable bonds is 1. The third-order valence-corrected chi connectivity index (χ3v) is 5.59. The molecule has 0 radical (unpaired) electrons. The summed E-state index contributed by atoms with van der Waals surface area (Å²) in [6.45, 7) is 8.85. The molecule has 2 aliphatic rings. The van der Waals surface area contributed by atoms with Crippen LogP contribution < -0.4 is 0 Å². The highest BCUT2D eigenvalue weighted by Crippen LogP contribution is 2.42. The maximum absolute atomic E-state index is 9.67. The number of nitrogens with zero attached hydrogens (tertiary/aromatic N) is 3. The van der Waals surface area contributed by atoms with Gasteiger partial charge in [0.1, 0.15) is 5.54 Å². The van der Waals surface area contributed by atoms with Crippen molar-refractivity contribution < 1.29 is 0 Å². The van der Waals surface area contributed by atoms with Crippen LogP contribution in [0.2, 0.25) is 0 Å². The Morgan fingerprint density at radius 1 is 1.12 bits per heavy atom. The van der Waals surface area contributed by atoms with Crippen LogP contribution in [0.15, 0.2) is 0 Å². The van der Waals surface area contributed by atoms with E-state index in [0.717, 1.165) is 38.4 Å². The lowest BCUT2D eigenvalue weighted by Crippen LogP contribution is -2.60. The summed E-state index contributed by atoms with van der Waals surface area (Å²) in [5, 5.41) is 9.67. The normalized spacial score (nSPS) is 35.4. The highest BCUT2D eigenvalue weighted by molar-refractivity contribution is 7.99. The molecule has 17 heavy (non-hydrogen) atoms. The Balaban J connectivity index is 2.12. The maximum Gasteiger partial charge on any atom is 0.118 e. The van der Waals surface area contributed by atoms with E-state index in [1.165, 1.54) is 5.75 Å². The van der Waals surface area contributed by atoms with Crippen molar-refractivity contribution in [2.24, 2.45) is 5.41 Å². The van der Waals surface area contributed by atoms with Gasteiger partial charge in [-0.3, -0.25) is 4.90 Å². The van der Waals surface area contributed by atoms with Crippen molar-refractivity contribution in [3.63, 3.8) is 0 Å². The molecule has 3 nitrogen and oxygen atoms in total. The van der Waals surface area contributed by atoms with E-state index in [2.05, 4.69) is 36.8 Å². The van der Waals surface area contributed by atoms with E-state index in [1.54, 1.807) is 0 Å². The summed E-state index contributed by atoms with van der Waals surface area (Å²) >= 11 is 1.95. The predicted octanol–water partition coefficient (Wildman–Crippen LogP) is 1.66. The summed E-state index contributed by atoms with van der Waals surface area (Å²) in [5.41, 5.74) is 0.0790. The molecule has 4 heteroatoms. The fraction of sp³-hybridized carbons (Fsp3) is 0.923. The van der Waals surface area contributed by atoms with Gasteiger partial charge in [0.05, 0.1) is 6.07 Å². The van der Waals surface area contributed by atoms with Gasteiger partial charge in [0.15, 0.2) is 0 Å². The molecule has 1 unspecified atom stereocenters. The molecule has 2 rings (SSSR count). The Bertz CT molecular complexity index is 315. The van der Waals surface area contributed by atoms with Crippen molar-refractivity contribution in [3.05, 3.63) is 0 Å². The molecule has 2 aliphatic heterocycles. The quantitative estimate of drug-likeness (QED) is 0.711. The third kappa shape index (κ3) is 2.78. The van der Waals surface area contributed by atoms with Crippen LogP contribution >= 0.6 is 11.8 Å². The highest BCUT2D eigenvalue weighted by Gasteiger charge is 2.45. The molecule has 0 saturated carbocycles. The molecular formula is C13H23N3S. The summed E-state index contributed by atoms with van der Waals surface area (Å²) in [4.78, 5) is 4.78. The van der Waals surface area contributed by atoms with E-state index in [9.17, 15) is 5.26 Å². The first-order valence-corrected chi connectivity index (χ1v) is 7.56. The molecule has 0 aliphatic carbocycles. The van der Waals surface area contributed by atoms with Crippen LogP contribution in [0.3, 0.4) is 0 Å². The van der Waals surface area contributed by atoms with Gasteiger partial charge in [-0.2, -0.15) is 17.0 Å². The van der Waals surface area contributed by atoms with E-state index in [4.69, 9.17) is 0 Å². The van der Waals surface area contributed by atoms with Gasteiger partial charge in [-0.25, -0.2) is 0 Å². The van der Waals surface area contributed by atoms with Crippen LogP contribution in [0.4, 0.5) is 0 Å². The SMILES string of the molecule is CN1CCN(C2(C#N)CSCC(C)(C)C2)CC1. The van der Waals surface area contributed by atoms with E-state index in [0.29, 0.717) is 5.41 Å². The van der Waals surface area contributed by atoms with Crippen molar-refractivity contribution in [1.82, 2.24) is 9.80 Å². The third-order valence-electron chi connectivity index (χ3n) is 3.92. The molecule has 0 amide bonds. The molecule has 96 valence electrons. The minimum Gasteiger partial charge on any atom is -0.304 e. The smallest absolute Gasteiger partial charge is 0.118 e. The van der Waals surface area contributed by atoms with Crippen molar-refractivity contribution in [3.8, 4) is 6.07 Å². The Morgan fingerprint density at radius 3 is 2.29 bits per heavy atom. The molecule has 0 bridgehead atoms. The number of hydrogen-bond donors (Lipinski definition) is 0. The second-order valence-corrected chi connectivity index (χ2v) is 7.25. The standard InChI is InChI=1S/C13H23N3S/c1-12(2)8-13(9-14,11-17-10-12)16-6-4-15(3)5-7-16/h4-8,10-11H2,1-3H3. The summed E-state index contributed by atoms with van der Waals surface area (Å²) in [6.07, 6.45) is 1.02. The zero-order chi connectivity index (χ0) is 12.5. The molecule has 1 atom stereocenters. The van der Waals surface area contributed by atoms with E-state index in [-0.39, 0.29) is 5.54 Å². The van der Waals surface area contributed by atoms with Crippen LogP contribution in [-0.2, 0) is 0 Å². The van der Waals surface area contributed by atoms with Gasteiger partial charge >= 0.3 is 0 Å². The van der Waals surface area contributed by atoms with E-state index in [1.807, 2.05) is 11.8 Å². The second kappa shape index (κ2) is 4.79. The molecule has 0 aromatic rings. The lowest BCUT2D eigenvalue weighted by atomic mass is 9.79. The lowest BCUT2D eigenvalue weighted by Gasteiger charge is -2.49. The first kappa shape index (κ1) is 13.2. The minimum absolute atomic E-state index is 0.215. The lowest BCUT2D eigenvalue weighted by molar-refractivity contribution is 0.0583. The highest BCUT2D eigenvalue weighted by atomic mass is 32.2. The van der Waals surface area contributed by atoms with Crippen molar-refractivity contribution >= 4 is 11.8 Å². The zero-order valence-corrected chi connectivity index (χ0v) is 12.0. The minimum atomic E-state index is -0.215. The molecule has 0 aromatic carbocycles. The Kier molecular flexibility index (Phi) is 3.72. The van der Waals surface area contributed by atoms with Crippen LogP contribution in [0.5, 0.6) is 0 Å². The number of piperazine rings is 1. The van der Waals surface area contributed by atoms with Gasteiger partial charge in [-0.05, 0) is 24.6 Å². The number of likely N-dealkylation sites (N-methyl/N-ethyl adjacent to an activating group) is 1. The van der Waals surface area contributed by atoms with Crippen molar-refractivity contribution in [1.29, 1.82) is 5.26 Å². The molecule has 0 aromatic heterocycles. The molecule has 2 heterocycles. The van der Waals surface area contributed by atoms with Crippen LogP contribution in [-0.4, -0.2) is 60.1 Å². The zero-order valence-electron chi connectivity index (χ0n) is 11.2. The fourth-order valence-corrected chi connectivity index (χ4v) is 4.41. The predicted molar refractivity (Wildman–Crippen MR) is 73.1 cm³/mol. The van der Waals surface area contributed by atoms with Crippen LogP contribution in [0, 0.1) is 16.7 Å².